The molecule has 7 heteroatoms. The van der Waals surface area contributed by atoms with Crippen LogP contribution < -0.4 is 29.6 Å². The Morgan fingerprint density at radius 3 is 2.40 bits per heavy atom. The zero-order valence-corrected chi connectivity index (χ0v) is 13.5. The number of aromatic amines is 1. The Kier molecular flexibility index (Phi) is 4.31. The number of benzene rings is 2. The molecule has 0 unspecified atom stereocenters. The molecule has 0 spiro atoms. The maximum Gasteiger partial charge on any atom is 1.00 e. The number of H-pyrrole nitrogens is 1. The van der Waals surface area contributed by atoms with Gasteiger partial charge in [-0.05, 0) is 18.2 Å². The van der Waals surface area contributed by atoms with Gasteiger partial charge in [-0.25, -0.2) is 13.4 Å². The fraction of sp³-hybridized carbons (Fsp3) is 0. The Bertz CT molecular complexity index is 844. The largest absolute Gasteiger partial charge is 1.00 e. The summed E-state index contributed by atoms with van der Waals surface area (Å²) in [6.45, 7) is 0. The summed E-state index contributed by atoms with van der Waals surface area (Å²) in [7, 11) is -4.45. The van der Waals surface area contributed by atoms with Crippen LogP contribution in [0.15, 0.2) is 53.4 Å². The van der Waals surface area contributed by atoms with Crippen LogP contribution in [0.4, 0.5) is 0 Å². The summed E-state index contributed by atoms with van der Waals surface area (Å²) in [6.07, 6.45) is 0. The van der Waals surface area contributed by atoms with Crippen molar-refractivity contribution in [3.63, 3.8) is 0 Å². The number of hydrogen-bond donors (Lipinski definition) is 1. The Labute approximate surface area is 138 Å². The van der Waals surface area contributed by atoms with E-state index in [1.165, 1.54) is 12.1 Å². The predicted octanol–water partition coefficient (Wildman–Crippen LogP) is -0.862. The van der Waals surface area contributed by atoms with E-state index in [2.05, 4.69) is 9.97 Å². The van der Waals surface area contributed by atoms with Crippen LogP contribution in [0.5, 0.6) is 0 Å². The van der Waals surface area contributed by atoms with Gasteiger partial charge in [0.1, 0.15) is 15.9 Å². The van der Waals surface area contributed by atoms with E-state index in [-0.39, 0.29) is 34.5 Å². The number of fused-ring (bicyclic) bond motifs is 1. The molecular formula is C13H9N2NaO3S. The van der Waals surface area contributed by atoms with Crippen molar-refractivity contribution in [3.05, 3.63) is 48.5 Å². The maximum atomic E-state index is 11.0. The minimum atomic E-state index is -4.45. The maximum absolute atomic E-state index is 11.0. The first-order chi connectivity index (χ1) is 9.04. The summed E-state index contributed by atoms with van der Waals surface area (Å²) in [5.41, 5.74) is 2.03. The van der Waals surface area contributed by atoms with Crippen molar-refractivity contribution < 1.29 is 42.5 Å². The number of nitrogens with one attached hydrogen (secondary N) is 1. The van der Waals surface area contributed by atoms with Gasteiger partial charge < -0.3 is 9.54 Å². The molecule has 3 aromatic rings. The fourth-order valence-corrected chi connectivity index (χ4v) is 2.36. The number of imidazole rings is 1. The van der Waals surface area contributed by atoms with Crippen LogP contribution in [0.25, 0.3) is 22.4 Å². The van der Waals surface area contributed by atoms with E-state index < -0.39 is 10.1 Å². The molecule has 0 aliphatic carbocycles. The molecule has 0 atom stereocenters. The zero-order valence-electron chi connectivity index (χ0n) is 10.7. The van der Waals surface area contributed by atoms with Crippen LogP contribution in [0.2, 0.25) is 0 Å². The van der Waals surface area contributed by atoms with Crippen LogP contribution >= 0.6 is 0 Å². The molecule has 0 aliphatic heterocycles. The van der Waals surface area contributed by atoms with Gasteiger partial charge in [0.15, 0.2) is 0 Å². The molecule has 1 heterocycles. The minimum absolute atomic E-state index is 0. The molecule has 3 rings (SSSR count). The van der Waals surface area contributed by atoms with Crippen molar-refractivity contribution in [3.8, 4) is 11.4 Å². The summed E-state index contributed by atoms with van der Waals surface area (Å²) in [5.74, 6) is 0.635. The van der Waals surface area contributed by atoms with E-state index in [9.17, 15) is 13.0 Å². The quantitative estimate of drug-likeness (QED) is 0.492. The van der Waals surface area contributed by atoms with E-state index in [1.807, 2.05) is 30.3 Å². The molecule has 0 aliphatic rings. The van der Waals surface area contributed by atoms with Crippen molar-refractivity contribution in [1.82, 2.24) is 9.97 Å². The molecule has 0 amide bonds. The first-order valence-corrected chi connectivity index (χ1v) is 6.96. The van der Waals surface area contributed by atoms with E-state index in [4.69, 9.17) is 0 Å². The van der Waals surface area contributed by atoms with Gasteiger partial charge in [-0.2, -0.15) is 0 Å². The average molecular weight is 296 g/mol. The van der Waals surface area contributed by atoms with Crippen molar-refractivity contribution in [2.75, 3.05) is 0 Å². The summed E-state index contributed by atoms with van der Waals surface area (Å²) < 4.78 is 32.9. The van der Waals surface area contributed by atoms with Gasteiger partial charge in [0.25, 0.3) is 0 Å². The second kappa shape index (κ2) is 5.67. The average Bonchev–Trinajstić information content (AvgIpc) is 2.81. The third-order valence-corrected chi connectivity index (χ3v) is 3.62. The van der Waals surface area contributed by atoms with E-state index in [0.717, 1.165) is 5.56 Å². The normalized spacial score (nSPS) is 11.2. The Hall–Kier alpha value is -1.18. The molecule has 0 saturated heterocycles. The van der Waals surface area contributed by atoms with Gasteiger partial charge >= 0.3 is 29.6 Å². The van der Waals surface area contributed by atoms with E-state index in [1.54, 1.807) is 6.07 Å². The summed E-state index contributed by atoms with van der Waals surface area (Å²) >= 11 is 0. The summed E-state index contributed by atoms with van der Waals surface area (Å²) in [6, 6.07) is 13.5. The molecule has 0 saturated carbocycles. The fourth-order valence-electron chi connectivity index (χ4n) is 1.87. The van der Waals surface area contributed by atoms with Crippen molar-refractivity contribution in [2.24, 2.45) is 0 Å². The zero-order chi connectivity index (χ0) is 13.5. The molecular weight excluding hydrogens is 287 g/mol. The minimum Gasteiger partial charge on any atom is -0.744 e. The van der Waals surface area contributed by atoms with Crippen LogP contribution in [-0.2, 0) is 10.1 Å². The van der Waals surface area contributed by atoms with Crippen LogP contribution in [0.1, 0.15) is 0 Å². The van der Waals surface area contributed by atoms with E-state index >= 15 is 0 Å². The van der Waals surface area contributed by atoms with Gasteiger partial charge in [0.05, 0.1) is 15.9 Å². The third-order valence-electron chi connectivity index (χ3n) is 2.79. The summed E-state index contributed by atoms with van der Waals surface area (Å²) in [5, 5.41) is 0. The van der Waals surface area contributed by atoms with Crippen LogP contribution in [-0.4, -0.2) is 22.9 Å². The van der Waals surface area contributed by atoms with Crippen molar-refractivity contribution in [1.29, 1.82) is 0 Å². The van der Waals surface area contributed by atoms with Crippen molar-refractivity contribution >= 4 is 21.2 Å². The first-order valence-electron chi connectivity index (χ1n) is 5.55. The second-order valence-electron chi connectivity index (χ2n) is 4.08. The molecule has 96 valence electrons. The molecule has 2 aromatic carbocycles. The van der Waals surface area contributed by atoms with Gasteiger partial charge in [0.2, 0.25) is 0 Å². The number of rotatable bonds is 2. The van der Waals surface area contributed by atoms with Gasteiger partial charge in [-0.1, -0.05) is 30.3 Å². The Morgan fingerprint density at radius 1 is 1.05 bits per heavy atom. The van der Waals surface area contributed by atoms with Crippen molar-refractivity contribution in [2.45, 2.75) is 4.90 Å². The summed E-state index contributed by atoms with van der Waals surface area (Å²) in [4.78, 5) is 7.11. The smallest absolute Gasteiger partial charge is 0.744 e. The SMILES string of the molecule is O=S(=O)([O-])c1ccc2[nH]c(-c3ccccc3)nc2c1.[Na+]. The Morgan fingerprint density at radius 2 is 1.75 bits per heavy atom. The molecule has 0 radical (unpaired) electrons. The molecule has 0 fully saturated rings. The predicted molar refractivity (Wildman–Crippen MR) is 69.5 cm³/mol. The topological polar surface area (TPSA) is 85.9 Å². The number of aromatic nitrogens is 2. The molecule has 1 aromatic heterocycles. The molecule has 20 heavy (non-hydrogen) atoms. The number of nitrogens with zero attached hydrogens (tertiary/aromatic N) is 1. The second-order valence-corrected chi connectivity index (χ2v) is 5.46. The van der Waals surface area contributed by atoms with Crippen LogP contribution in [0, 0.1) is 0 Å². The van der Waals surface area contributed by atoms with Gasteiger partial charge in [0, 0.05) is 5.56 Å². The van der Waals surface area contributed by atoms with E-state index in [0.29, 0.717) is 16.9 Å². The Balaban J connectivity index is 0.00000147. The monoisotopic (exact) mass is 296 g/mol. The first kappa shape index (κ1) is 15.2. The van der Waals surface area contributed by atoms with Gasteiger partial charge in [-0.3, -0.25) is 0 Å². The molecule has 0 bridgehead atoms. The molecule has 5 nitrogen and oxygen atoms in total. The third kappa shape index (κ3) is 2.94. The van der Waals surface area contributed by atoms with Crippen LogP contribution in [0.3, 0.4) is 0 Å². The standard InChI is InChI=1S/C13H10N2O3S.Na/c16-19(17,18)10-6-7-11-12(8-10)15-13(14-11)9-4-2-1-3-5-9;/h1-8H,(H,14,15)(H,16,17,18);/q;+1/p-1. The number of hydrogen-bond acceptors (Lipinski definition) is 4. The molecule has 1 N–H and O–H groups in total. The van der Waals surface area contributed by atoms with Gasteiger partial charge in [-0.15, -0.1) is 0 Å².